The molecule has 1 aromatic carbocycles. The number of halogens is 1. The van der Waals surface area contributed by atoms with Gasteiger partial charge in [0.05, 0.1) is 16.8 Å². The summed E-state index contributed by atoms with van der Waals surface area (Å²) in [7, 11) is 0. The Kier molecular flexibility index (Phi) is 4.44. The molecule has 0 radical (unpaired) electrons. The smallest absolute Gasteiger partial charge is 0.311 e. The Morgan fingerprint density at radius 3 is 2.76 bits per heavy atom. The Hall–Kier alpha value is -2.54. The third-order valence-electron chi connectivity index (χ3n) is 2.93. The van der Waals surface area contributed by atoms with Crippen LogP contribution in [0.3, 0.4) is 0 Å². The molecule has 21 heavy (non-hydrogen) atoms. The number of aromatic nitrogens is 1. The number of hydrogen-bond acceptors (Lipinski definition) is 5. The molecule has 2 rings (SSSR count). The zero-order valence-corrected chi connectivity index (χ0v) is 11.3. The first-order valence-electron chi connectivity index (χ1n) is 6.34. The number of benzene rings is 1. The minimum absolute atomic E-state index is 0.172. The summed E-state index contributed by atoms with van der Waals surface area (Å²) >= 11 is 0. The van der Waals surface area contributed by atoms with Crippen molar-refractivity contribution in [1.29, 1.82) is 0 Å². The van der Waals surface area contributed by atoms with Crippen LogP contribution in [-0.2, 0) is 0 Å². The molecule has 0 spiro atoms. The van der Waals surface area contributed by atoms with E-state index in [4.69, 9.17) is 10.5 Å². The SMILES string of the molecule is CC[C@H](N)c1ccc(Oc2cc(F)ccc2[N+](=O)[O-])cn1. The van der Waals surface area contributed by atoms with Crippen LogP contribution in [0.4, 0.5) is 10.1 Å². The zero-order chi connectivity index (χ0) is 15.4. The van der Waals surface area contributed by atoms with Gasteiger partial charge in [0.1, 0.15) is 11.6 Å². The molecular formula is C14H14FN3O3. The van der Waals surface area contributed by atoms with Gasteiger partial charge in [-0.15, -0.1) is 0 Å². The molecule has 2 N–H and O–H groups in total. The van der Waals surface area contributed by atoms with Crippen LogP contribution in [0.5, 0.6) is 11.5 Å². The van der Waals surface area contributed by atoms with Crippen molar-refractivity contribution in [2.45, 2.75) is 19.4 Å². The van der Waals surface area contributed by atoms with Crippen LogP contribution in [0, 0.1) is 15.9 Å². The van der Waals surface area contributed by atoms with E-state index < -0.39 is 10.7 Å². The molecular weight excluding hydrogens is 277 g/mol. The highest BCUT2D eigenvalue weighted by molar-refractivity contribution is 5.48. The molecule has 0 bridgehead atoms. The Morgan fingerprint density at radius 2 is 2.19 bits per heavy atom. The Morgan fingerprint density at radius 1 is 1.43 bits per heavy atom. The predicted octanol–water partition coefficient (Wildman–Crippen LogP) is 3.33. The van der Waals surface area contributed by atoms with Gasteiger partial charge in [0.25, 0.3) is 0 Å². The van der Waals surface area contributed by atoms with Gasteiger partial charge in [-0.2, -0.15) is 0 Å². The van der Waals surface area contributed by atoms with Gasteiger partial charge in [0.2, 0.25) is 5.75 Å². The van der Waals surface area contributed by atoms with Crippen molar-refractivity contribution in [3.63, 3.8) is 0 Å². The zero-order valence-electron chi connectivity index (χ0n) is 11.3. The van der Waals surface area contributed by atoms with Gasteiger partial charge in [-0.3, -0.25) is 15.1 Å². The van der Waals surface area contributed by atoms with Gasteiger partial charge in [0, 0.05) is 18.2 Å². The summed E-state index contributed by atoms with van der Waals surface area (Å²) < 4.78 is 18.5. The highest BCUT2D eigenvalue weighted by Crippen LogP contribution is 2.31. The Labute approximate surface area is 120 Å². The maximum atomic E-state index is 13.2. The lowest BCUT2D eigenvalue weighted by molar-refractivity contribution is -0.385. The van der Waals surface area contributed by atoms with Crippen molar-refractivity contribution >= 4 is 5.69 Å². The fourth-order valence-electron chi connectivity index (χ4n) is 1.73. The number of nitrogens with two attached hydrogens (primary N) is 1. The van der Waals surface area contributed by atoms with E-state index in [9.17, 15) is 14.5 Å². The molecule has 1 heterocycles. The average molecular weight is 291 g/mol. The molecule has 0 unspecified atom stereocenters. The molecule has 0 saturated carbocycles. The lowest BCUT2D eigenvalue weighted by Gasteiger charge is -2.10. The van der Waals surface area contributed by atoms with E-state index in [1.54, 1.807) is 12.1 Å². The number of ether oxygens (including phenoxy) is 1. The molecule has 0 aliphatic carbocycles. The Balaban J connectivity index is 2.26. The molecule has 0 fully saturated rings. The van der Waals surface area contributed by atoms with E-state index in [2.05, 4.69) is 4.98 Å². The molecule has 6 nitrogen and oxygen atoms in total. The number of rotatable bonds is 5. The van der Waals surface area contributed by atoms with E-state index in [-0.39, 0.29) is 23.2 Å². The summed E-state index contributed by atoms with van der Waals surface area (Å²) in [6.45, 7) is 1.94. The number of nitro groups is 1. The number of nitro benzene ring substituents is 1. The first-order chi connectivity index (χ1) is 10.0. The molecule has 1 atom stereocenters. The van der Waals surface area contributed by atoms with Gasteiger partial charge < -0.3 is 10.5 Å². The maximum Gasteiger partial charge on any atom is 0.311 e. The van der Waals surface area contributed by atoms with E-state index in [1.165, 1.54) is 6.20 Å². The number of pyridine rings is 1. The van der Waals surface area contributed by atoms with Gasteiger partial charge in [-0.25, -0.2) is 4.39 Å². The second kappa shape index (κ2) is 6.27. The topological polar surface area (TPSA) is 91.3 Å². The highest BCUT2D eigenvalue weighted by atomic mass is 19.1. The molecule has 0 aliphatic rings. The minimum atomic E-state index is -0.635. The second-order valence-electron chi connectivity index (χ2n) is 4.40. The number of hydrogen-bond donors (Lipinski definition) is 1. The quantitative estimate of drug-likeness (QED) is 0.674. The fraction of sp³-hybridized carbons (Fsp3) is 0.214. The molecule has 2 aromatic rings. The summed E-state index contributed by atoms with van der Waals surface area (Å²) in [6.07, 6.45) is 2.14. The molecule has 0 aliphatic heterocycles. The minimum Gasteiger partial charge on any atom is -0.448 e. The fourth-order valence-corrected chi connectivity index (χ4v) is 1.73. The van der Waals surface area contributed by atoms with Crippen molar-refractivity contribution in [3.8, 4) is 11.5 Å². The largest absolute Gasteiger partial charge is 0.448 e. The third-order valence-corrected chi connectivity index (χ3v) is 2.93. The normalized spacial score (nSPS) is 12.0. The second-order valence-corrected chi connectivity index (χ2v) is 4.40. The summed E-state index contributed by atoms with van der Waals surface area (Å²) in [5.74, 6) is -0.515. The van der Waals surface area contributed by atoms with Crippen LogP contribution in [0.25, 0.3) is 0 Å². The lowest BCUT2D eigenvalue weighted by Crippen LogP contribution is -2.10. The summed E-state index contributed by atoms with van der Waals surface area (Å²) in [5.41, 5.74) is 6.22. The van der Waals surface area contributed by atoms with Crippen LogP contribution in [-0.4, -0.2) is 9.91 Å². The van der Waals surface area contributed by atoms with Crippen molar-refractivity contribution in [3.05, 3.63) is 58.2 Å². The molecule has 0 amide bonds. The van der Waals surface area contributed by atoms with E-state index in [0.717, 1.165) is 24.6 Å². The average Bonchev–Trinajstić information content (AvgIpc) is 2.47. The van der Waals surface area contributed by atoms with Crippen molar-refractivity contribution < 1.29 is 14.1 Å². The lowest BCUT2D eigenvalue weighted by atomic mass is 10.1. The first kappa shape index (κ1) is 14.9. The van der Waals surface area contributed by atoms with Crippen molar-refractivity contribution in [1.82, 2.24) is 4.98 Å². The Bertz CT molecular complexity index is 646. The van der Waals surface area contributed by atoms with Crippen LogP contribution in [0.2, 0.25) is 0 Å². The molecule has 0 saturated heterocycles. The predicted molar refractivity (Wildman–Crippen MR) is 74.6 cm³/mol. The van der Waals surface area contributed by atoms with Gasteiger partial charge in [0.15, 0.2) is 0 Å². The van der Waals surface area contributed by atoms with E-state index in [1.807, 2.05) is 6.92 Å². The first-order valence-corrected chi connectivity index (χ1v) is 6.34. The monoisotopic (exact) mass is 291 g/mol. The standard InChI is InChI=1S/C14H14FN3O3/c1-2-11(16)12-5-4-10(8-17-12)21-14-7-9(15)3-6-13(14)18(19)20/h3-8,11H,2,16H2,1H3/t11-/m0/s1. The molecule has 1 aromatic heterocycles. The third kappa shape index (κ3) is 3.51. The number of nitrogens with zero attached hydrogens (tertiary/aromatic N) is 2. The van der Waals surface area contributed by atoms with Crippen LogP contribution < -0.4 is 10.5 Å². The van der Waals surface area contributed by atoms with Gasteiger partial charge >= 0.3 is 5.69 Å². The van der Waals surface area contributed by atoms with Gasteiger partial charge in [-0.1, -0.05) is 6.92 Å². The van der Waals surface area contributed by atoms with Crippen molar-refractivity contribution in [2.24, 2.45) is 5.73 Å². The summed E-state index contributed by atoms with van der Waals surface area (Å²) in [4.78, 5) is 14.4. The van der Waals surface area contributed by atoms with E-state index in [0.29, 0.717) is 5.69 Å². The molecule has 110 valence electrons. The van der Waals surface area contributed by atoms with Crippen LogP contribution in [0.15, 0.2) is 36.5 Å². The van der Waals surface area contributed by atoms with E-state index >= 15 is 0 Å². The van der Waals surface area contributed by atoms with Crippen molar-refractivity contribution in [2.75, 3.05) is 0 Å². The molecule has 7 heteroatoms. The summed E-state index contributed by atoms with van der Waals surface area (Å²) in [5, 5.41) is 10.9. The summed E-state index contributed by atoms with van der Waals surface area (Å²) in [6, 6.07) is 6.11. The van der Waals surface area contributed by atoms with Gasteiger partial charge in [-0.05, 0) is 24.6 Å². The van der Waals surface area contributed by atoms with Crippen LogP contribution >= 0.6 is 0 Å². The van der Waals surface area contributed by atoms with Crippen LogP contribution in [0.1, 0.15) is 25.1 Å². The highest BCUT2D eigenvalue weighted by Gasteiger charge is 2.17. The maximum absolute atomic E-state index is 13.2.